The van der Waals surface area contributed by atoms with Gasteiger partial charge in [0.25, 0.3) is 0 Å². The van der Waals surface area contributed by atoms with Gasteiger partial charge in [0.2, 0.25) is 15.9 Å². The number of hydrogen-bond donors (Lipinski definition) is 0. The Bertz CT molecular complexity index is 813. The van der Waals surface area contributed by atoms with Gasteiger partial charge in [0.05, 0.1) is 4.90 Å². The van der Waals surface area contributed by atoms with E-state index in [4.69, 9.17) is 0 Å². The number of benzene rings is 1. The molecule has 4 rings (SSSR count). The van der Waals surface area contributed by atoms with E-state index in [1.807, 2.05) is 17.0 Å². The number of carbonyl (C=O) groups is 1. The highest BCUT2D eigenvalue weighted by Gasteiger charge is 2.29. The predicted molar refractivity (Wildman–Crippen MR) is 118 cm³/mol. The summed E-state index contributed by atoms with van der Waals surface area (Å²) in [7, 11) is -3.39. The Kier molecular flexibility index (Phi) is 7.11. The zero-order chi connectivity index (χ0) is 21.0. The lowest BCUT2D eigenvalue weighted by atomic mass is 10.0. The van der Waals surface area contributed by atoms with Crippen molar-refractivity contribution in [2.24, 2.45) is 0 Å². The molecule has 1 aromatic rings. The molecule has 7 heteroatoms. The van der Waals surface area contributed by atoms with E-state index in [2.05, 4.69) is 4.90 Å². The van der Waals surface area contributed by atoms with Crippen LogP contribution in [0.3, 0.4) is 0 Å². The van der Waals surface area contributed by atoms with Crippen LogP contribution in [-0.4, -0.2) is 73.7 Å². The third kappa shape index (κ3) is 5.06. The van der Waals surface area contributed by atoms with Crippen LogP contribution >= 0.6 is 0 Å². The van der Waals surface area contributed by atoms with Crippen molar-refractivity contribution in [1.82, 2.24) is 14.1 Å². The highest BCUT2D eigenvalue weighted by Crippen LogP contribution is 2.23. The van der Waals surface area contributed by atoms with Crippen LogP contribution in [0, 0.1) is 0 Å². The molecule has 0 aliphatic carbocycles. The highest BCUT2D eigenvalue weighted by atomic mass is 32.2. The van der Waals surface area contributed by atoms with Gasteiger partial charge in [-0.3, -0.25) is 9.69 Å². The normalized spacial score (nSPS) is 24.3. The number of rotatable bonds is 6. The fraction of sp³-hybridized carbons (Fsp3) is 0.696. The lowest BCUT2D eigenvalue weighted by Crippen LogP contribution is -2.49. The first-order chi connectivity index (χ1) is 14.5. The van der Waals surface area contributed by atoms with Crippen molar-refractivity contribution in [3.63, 3.8) is 0 Å². The molecule has 0 radical (unpaired) electrons. The summed E-state index contributed by atoms with van der Waals surface area (Å²) >= 11 is 0. The van der Waals surface area contributed by atoms with E-state index in [0.29, 0.717) is 36.9 Å². The molecule has 30 heavy (non-hydrogen) atoms. The molecule has 0 spiro atoms. The molecule has 6 nitrogen and oxygen atoms in total. The predicted octanol–water partition coefficient (Wildman–Crippen LogP) is 2.88. The Morgan fingerprint density at radius 2 is 1.53 bits per heavy atom. The smallest absolute Gasteiger partial charge is 0.243 e. The second kappa shape index (κ2) is 9.79. The summed E-state index contributed by atoms with van der Waals surface area (Å²) in [5.41, 5.74) is 1.02. The Hall–Kier alpha value is -1.44. The summed E-state index contributed by atoms with van der Waals surface area (Å²) < 4.78 is 27.1. The average Bonchev–Trinajstić information content (AvgIpc) is 3.33. The molecular weight excluding hydrogens is 398 g/mol. The van der Waals surface area contributed by atoms with Gasteiger partial charge in [-0.1, -0.05) is 18.6 Å². The molecule has 0 aromatic heterocycles. The molecule has 0 N–H and O–H groups in total. The number of carbonyl (C=O) groups excluding carboxylic acids is 1. The van der Waals surface area contributed by atoms with E-state index < -0.39 is 10.0 Å². The van der Waals surface area contributed by atoms with Crippen LogP contribution in [0.1, 0.15) is 56.9 Å². The number of nitrogens with zero attached hydrogens (tertiary/aromatic N) is 3. The van der Waals surface area contributed by atoms with Gasteiger partial charge < -0.3 is 4.90 Å². The van der Waals surface area contributed by atoms with E-state index in [1.54, 1.807) is 16.4 Å². The summed E-state index contributed by atoms with van der Waals surface area (Å²) in [6.07, 6.45) is 9.01. The summed E-state index contributed by atoms with van der Waals surface area (Å²) in [5, 5.41) is 0. The van der Waals surface area contributed by atoms with Crippen molar-refractivity contribution in [3.05, 3.63) is 29.8 Å². The minimum atomic E-state index is -3.39. The SMILES string of the molecule is O=C(CCc1ccc(S(=O)(=O)N2CCCCC2)cc1)N1CCCC(N2CCCC2)C1. The quantitative estimate of drug-likeness (QED) is 0.692. The third-order valence-corrected chi connectivity index (χ3v) is 8.82. The van der Waals surface area contributed by atoms with E-state index in [9.17, 15) is 13.2 Å². The molecule has 3 heterocycles. The van der Waals surface area contributed by atoms with Crippen LogP contribution in [0.2, 0.25) is 0 Å². The lowest BCUT2D eigenvalue weighted by Gasteiger charge is -2.37. The van der Waals surface area contributed by atoms with Gasteiger partial charge >= 0.3 is 0 Å². The fourth-order valence-electron chi connectivity index (χ4n) is 5.08. The van der Waals surface area contributed by atoms with Crippen molar-refractivity contribution >= 4 is 15.9 Å². The minimum Gasteiger partial charge on any atom is -0.341 e. The molecular formula is C23H35N3O3S. The van der Waals surface area contributed by atoms with Crippen LogP contribution in [0.5, 0.6) is 0 Å². The van der Waals surface area contributed by atoms with Crippen molar-refractivity contribution < 1.29 is 13.2 Å². The van der Waals surface area contributed by atoms with Crippen LogP contribution in [0.25, 0.3) is 0 Å². The molecule has 1 atom stereocenters. The standard InChI is InChI=1S/C23H35N3O3S/c27-23(25-16-6-7-21(19-25)24-14-4-5-15-24)13-10-20-8-11-22(12-9-20)30(28,29)26-17-2-1-3-18-26/h8-9,11-12,21H,1-7,10,13-19H2. The number of aryl methyl sites for hydroxylation is 1. The summed E-state index contributed by atoms with van der Waals surface area (Å²) in [5.74, 6) is 0.226. The third-order valence-electron chi connectivity index (χ3n) is 6.91. The Labute approximate surface area is 181 Å². The Balaban J connectivity index is 1.30. The Morgan fingerprint density at radius 3 is 2.23 bits per heavy atom. The van der Waals surface area contributed by atoms with Crippen LogP contribution in [-0.2, 0) is 21.2 Å². The number of piperidine rings is 2. The lowest BCUT2D eigenvalue weighted by molar-refractivity contribution is -0.133. The first-order valence-corrected chi connectivity index (χ1v) is 13.1. The molecule has 0 bridgehead atoms. The fourth-order valence-corrected chi connectivity index (χ4v) is 6.59. The molecule has 1 aromatic carbocycles. The van der Waals surface area contributed by atoms with Crippen molar-refractivity contribution in [2.75, 3.05) is 39.3 Å². The molecule has 1 unspecified atom stereocenters. The molecule has 0 saturated carbocycles. The van der Waals surface area contributed by atoms with Crippen molar-refractivity contribution in [2.45, 2.75) is 68.7 Å². The van der Waals surface area contributed by atoms with E-state index >= 15 is 0 Å². The van der Waals surface area contributed by atoms with Gasteiger partial charge in [-0.05, 0) is 75.7 Å². The second-order valence-electron chi connectivity index (χ2n) is 8.99. The molecule has 3 saturated heterocycles. The first kappa shape index (κ1) is 21.8. The van der Waals surface area contributed by atoms with E-state index in [0.717, 1.165) is 44.3 Å². The van der Waals surface area contributed by atoms with Crippen LogP contribution in [0.15, 0.2) is 29.2 Å². The van der Waals surface area contributed by atoms with E-state index in [1.165, 1.54) is 32.4 Å². The van der Waals surface area contributed by atoms with Gasteiger partial charge in [-0.25, -0.2) is 8.42 Å². The zero-order valence-electron chi connectivity index (χ0n) is 18.0. The number of amides is 1. The van der Waals surface area contributed by atoms with Crippen LogP contribution < -0.4 is 0 Å². The molecule has 166 valence electrons. The molecule has 3 fully saturated rings. The molecule has 1 amide bonds. The maximum absolute atomic E-state index is 12.8. The molecule has 3 aliphatic rings. The van der Waals surface area contributed by atoms with Crippen molar-refractivity contribution in [3.8, 4) is 0 Å². The summed E-state index contributed by atoms with van der Waals surface area (Å²) in [6, 6.07) is 7.67. The maximum atomic E-state index is 12.8. The minimum absolute atomic E-state index is 0.226. The largest absolute Gasteiger partial charge is 0.341 e. The topological polar surface area (TPSA) is 60.9 Å². The number of sulfonamides is 1. The number of hydrogen-bond acceptors (Lipinski definition) is 4. The second-order valence-corrected chi connectivity index (χ2v) is 10.9. The average molecular weight is 434 g/mol. The monoisotopic (exact) mass is 433 g/mol. The maximum Gasteiger partial charge on any atom is 0.243 e. The highest BCUT2D eigenvalue weighted by molar-refractivity contribution is 7.89. The van der Waals surface area contributed by atoms with Gasteiger partial charge in [0.1, 0.15) is 0 Å². The van der Waals surface area contributed by atoms with Crippen molar-refractivity contribution in [1.29, 1.82) is 0 Å². The van der Waals surface area contributed by atoms with Gasteiger partial charge in [0.15, 0.2) is 0 Å². The van der Waals surface area contributed by atoms with Gasteiger partial charge in [0, 0.05) is 38.6 Å². The summed E-state index contributed by atoms with van der Waals surface area (Å²) in [6.45, 7) is 5.33. The Morgan fingerprint density at radius 1 is 0.867 bits per heavy atom. The van der Waals surface area contributed by atoms with Crippen LogP contribution in [0.4, 0.5) is 0 Å². The summed E-state index contributed by atoms with van der Waals surface area (Å²) in [4.78, 5) is 17.7. The number of likely N-dealkylation sites (tertiary alicyclic amines) is 2. The molecule has 3 aliphatic heterocycles. The first-order valence-electron chi connectivity index (χ1n) is 11.6. The zero-order valence-corrected chi connectivity index (χ0v) is 18.8. The van der Waals surface area contributed by atoms with Gasteiger partial charge in [-0.15, -0.1) is 0 Å². The van der Waals surface area contributed by atoms with Gasteiger partial charge in [-0.2, -0.15) is 4.31 Å². The van der Waals surface area contributed by atoms with E-state index in [-0.39, 0.29) is 5.91 Å².